The summed E-state index contributed by atoms with van der Waals surface area (Å²) in [5.74, 6) is -0.0327. The maximum atomic E-state index is 12.7. The van der Waals surface area contributed by atoms with Crippen molar-refractivity contribution in [1.82, 2.24) is 19.1 Å². The van der Waals surface area contributed by atoms with Crippen molar-refractivity contribution in [3.05, 3.63) is 34.2 Å². The molecule has 0 fully saturated rings. The summed E-state index contributed by atoms with van der Waals surface area (Å²) in [6.07, 6.45) is 0.0862. The Hall–Kier alpha value is -2.89. The number of hydrogen-bond acceptors (Lipinski definition) is 7. The average Bonchev–Trinajstić information content (AvgIpc) is 2.89. The fourth-order valence-electron chi connectivity index (χ4n) is 2.26. The molecule has 0 atom stereocenters. The molecule has 0 spiro atoms. The summed E-state index contributed by atoms with van der Waals surface area (Å²) < 4.78 is 50.8. The molecular weight excluding hydrogens is 383 g/mol. The molecule has 1 heterocycles. The normalized spacial score (nSPS) is 11.3. The predicted octanol–water partition coefficient (Wildman–Crippen LogP) is 0.584. The van der Waals surface area contributed by atoms with Gasteiger partial charge in [-0.2, -0.15) is 0 Å². The first-order valence-electron chi connectivity index (χ1n) is 7.78. The van der Waals surface area contributed by atoms with Gasteiger partial charge in [-0.3, -0.25) is 4.39 Å². The van der Waals surface area contributed by atoms with Gasteiger partial charge in [0.05, 0.1) is 20.4 Å². The van der Waals surface area contributed by atoms with Crippen molar-refractivity contribution in [3.63, 3.8) is 0 Å². The number of amides is 1. The number of methoxy groups -OCH3 is 1. The summed E-state index contributed by atoms with van der Waals surface area (Å²) in [6, 6.07) is 3.02. The van der Waals surface area contributed by atoms with Crippen LogP contribution in [-0.2, 0) is 17.1 Å². The fourth-order valence-corrected chi connectivity index (χ4v) is 3.56. The van der Waals surface area contributed by atoms with E-state index in [0.717, 1.165) is 4.57 Å². The number of halogens is 1. The van der Waals surface area contributed by atoms with Crippen molar-refractivity contribution in [2.75, 3.05) is 20.4 Å². The Labute approximate surface area is 154 Å². The van der Waals surface area contributed by atoms with Gasteiger partial charge in [-0.1, -0.05) is 12.1 Å². The highest BCUT2D eigenvalue weighted by Gasteiger charge is 2.27. The van der Waals surface area contributed by atoms with E-state index in [1.807, 2.05) is 0 Å². The second-order valence-corrected chi connectivity index (χ2v) is 7.06. The number of hydrogen-bond donors (Lipinski definition) is 1. The van der Waals surface area contributed by atoms with Gasteiger partial charge < -0.3 is 9.47 Å². The molecule has 1 aromatic carbocycles. The summed E-state index contributed by atoms with van der Waals surface area (Å²) >= 11 is 0. The molecule has 2 aromatic rings. The SMILES string of the molecule is COc1nn(C(=O)NS(=O)(=O)c2c(C)cccc2OCCCF)c(=O)n1C. The Morgan fingerprint density at radius 1 is 1.37 bits per heavy atom. The lowest BCUT2D eigenvalue weighted by atomic mass is 10.2. The number of sulfonamides is 1. The molecule has 0 aliphatic rings. The zero-order chi connectivity index (χ0) is 20.2. The van der Waals surface area contributed by atoms with Gasteiger partial charge in [-0.05, 0) is 18.6 Å². The largest absolute Gasteiger partial charge is 0.492 e. The number of aromatic nitrogens is 3. The molecule has 0 aliphatic heterocycles. The topological polar surface area (TPSA) is 122 Å². The Morgan fingerprint density at radius 3 is 2.67 bits per heavy atom. The summed E-state index contributed by atoms with van der Waals surface area (Å²) in [6.45, 7) is 0.861. The van der Waals surface area contributed by atoms with E-state index < -0.39 is 28.4 Å². The second-order valence-electron chi connectivity index (χ2n) is 5.44. The number of rotatable bonds is 7. The number of carbonyl (C=O) groups is 1. The van der Waals surface area contributed by atoms with Gasteiger partial charge in [-0.15, -0.1) is 9.78 Å². The number of alkyl halides is 1. The van der Waals surface area contributed by atoms with Crippen LogP contribution in [0.3, 0.4) is 0 Å². The first-order chi connectivity index (χ1) is 12.7. The molecule has 27 heavy (non-hydrogen) atoms. The molecule has 0 unspecified atom stereocenters. The average molecular weight is 402 g/mol. The van der Waals surface area contributed by atoms with Crippen molar-refractivity contribution in [2.45, 2.75) is 18.2 Å². The number of ether oxygens (including phenoxy) is 2. The van der Waals surface area contributed by atoms with E-state index in [0.29, 0.717) is 10.2 Å². The van der Waals surface area contributed by atoms with Crippen molar-refractivity contribution in [2.24, 2.45) is 7.05 Å². The van der Waals surface area contributed by atoms with E-state index in [1.54, 1.807) is 10.8 Å². The van der Waals surface area contributed by atoms with Crippen molar-refractivity contribution < 1.29 is 27.1 Å². The first kappa shape index (κ1) is 20.4. The molecule has 12 heteroatoms. The van der Waals surface area contributed by atoms with Crippen LogP contribution in [0.5, 0.6) is 11.8 Å². The Kier molecular flexibility index (Phi) is 6.20. The van der Waals surface area contributed by atoms with Gasteiger partial charge in [0.1, 0.15) is 10.6 Å². The molecule has 0 radical (unpaired) electrons. The van der Waals surface area contributed by atoms with Crippen LogP contribution in [0.2, 0.25) is 0 Å². The zero-order valence-corrected chi connectivity index (χ0v) is 15.7. The molecule has 2 rings (SSSR count). The Morgan fingerprint density at radius 2 is 2.07 bits per heavy atom. The van der Waals surface area contributed by atoms with Crippen molar-refractivity contribution >= 4 is 16.1 Å². The Balaban J connectivity index is 2.37. The number of aryl methyl sites for hydroxylation is 1. The smallest absolute Gasteiger partial charge is 0.360 e. The van der Waals surface area contributed by atoms with Crippen LogP contribution in [-0.4, -0.2) is 49.2 Å². The van der Waals surface area contributed by atoms with Crippen LogP contribution in [0, 0.1) is 6.92 Å². The monoisotopic (exact) mass is 402 g/mol. The van der Waals surface area contributed by atoms with Crippen LogP contribution < -0.4 is 19.9 Å². The lowest BCUT2D eigenvalue weighted by Gasteiger charge is -2.14. The van der Waals surface area contributed by atoms with Gasteiger partial charge >= 0.3 is 17.7 Å². The maximum Gasteiger partial charge on any atom is 0.360 e. The third kappa shape index (κ3) is 4.27. The molecule has 1 aromatic heterocycles. The first-order valence-corrected chi connectivity index (χ1v) is 9.26. The van der Waals surface area contributed by atoms with E-state index >= 15 is 0 Å². The van der Waals surface area contributed by atoms with Crippen molar-refractivity contribution in [1.29, 1.82) is 0 Å². The molecule has 0 aliphatic carbocycles. The van der Waals surface area contributed by atoms with Crippen LogP contribution >= 0.6 is 0 Å². The van der Waals surface area contributed by atoms with Crippen molar-refractivity contribution in [3.8, 4) is 11.8 Å². The van der Waals surface area contributed by atoms with Gasteiger partial charge in [0.15, 0.2) is 0 Å². The molecule has 1 amide bonds. The quantitative estimate of drug-likeness (QED) is 0.673. The fraction of sp³-hybridized carbons (Fsp3) is 0.400. The molecule has 0 bridgehead atoms. The third-order valence-corrected chi connectivity index (χ3v) is 5.02. The van der Waals surface area contributed by atoms with Gasteiger partial charge in [0.2, 0.25) is 0 Å². The molecule has 1 N–H and O–H groups in total. The lowest BCUT2D eigenvalue weighted by Crippen LogP contribution is -2.40. The minimum atomic E-state index is -4.40. The summed E-state index contributed by atoms with van der Waals surface area (Å²) in [4.78, 5) is 24.0. The maximum absolute atomic E-state index is 12.7. The number of benzene rings is 1. The lowest BCUT2D eigenvalue weighted by molar-refractivity contribution is 0.243. The van der Waals surface area contributed by atoms with Crippen LogP contribution in [0.15, 0.2) is 27.9 Å². The highest BCUT2D eigenvalue weighted by atomic mass is 32.2. The summed E-state index contributed by atoms with van der Waals surface area (Å²) in [5, 5.41) is 3.61. The number of nitrogens with zero attached hydrogens (tertiary/aromatic N) is 3. The number of nitrogens with one attached hydrogen (secondary N) is 1. The Bertz CT molecular complexity index is 998. The molecule has 10 nitrogen and oxygen atoms in total. The predicted molar refractivity (Wildman–Crippen MR) is 92.4 cm³/mol. The van der Waals surface area contributed by atoms with E-state index in [-0.39, 0.29) is 29.7 Å². The zero-order valence-electron chi connectivity index (χ0n) is 14.9. The minimum Gasteiger partial charge on any atom is -0.492 e. The third-order valence-electron chi connectivity index (χ3n) is 3.52. The summed E-state index contributed by atoms with van der Waals surface area (Å²) in [7, 11) is -1.85. The minimum absolute atomic E-state index is 0.0327. The second kappa shape index (κ2) is 8.20. The molecule has 148 valence electrons. The van der Waals surface area contributed by atoms with Gasteiger partial charge in [-0.25, -0.2) is 27.3 Å². The van der Waals surface area contributed by atoms with Crippen LogP contribution in [0.1, 0.15) is 12.0 Å². The standard InChI is InChI=1S/C15H19FN4O6S/c1-10-6-4-7-11(26-9-5-8-16)12(10)27(23,24)18-13(21)20-15(22)19(2)14(17-20)25-3/h4,6-7H,5,8-9H2,1-3H3,(H,18,21). The number of carbonyl (C=O) groups excluding carboxylic acids is 1. The van der Waals surface area contributed by atoms with Crippen LogP contribution in [0.25, 0.3) is 0 Å². The van der Waals surface area contributed by atoms with E-state index in [2.05, 4.69) is 5.10 Å². The van der Waals surface area contributed by atoms with Gasteiger partial charge in [0.25, 0.3) is 10.0 Å². The van der Waals surface area contributed by atoms with Gasteiger partial charge in [0, 0.05) is 13.5 Å². The van der Waals surface area contributed by atoms with E-state index in [4.69, 9.17) is 9.47 Å². The highest BCUT2D eigenvalue weighted by Crippen LogP contribution is 2.27. The van der Waals surface area contributed by atoms with E-state index in [9.17, 15) is 22.4 Å². The molecule has 0 saturated heterocycles. The highest BCUT2D eigenvalue weighted by molar-refractivity contribution is 7.90. The molecule has 0 saturated carbocycles. The van der Waals surface area contributed by atoms with E-state index in [1.165, 1.54) is 33.2 Å². The summed E-state index contributed by atoms with van der Waals surface area (Å²) in [5.41, 5.74) is -0.581. The van der Waals surface area contributed by atoms with Crippen LogP contribution in [0.4, 0.5) is 9.18 Å². The molecular formula is C15H19FN4O6S.